The number of fused-ring (bicyclic) bond motifs is 2. The molecule has 0 spiro atoms. The summed E-state index contributed by atoms with van der Waals surface area (Å²) in [5, 5.41) is 1.45. The van der Waals surface area contributed by atoms with E-state index >= 15 is 0 Å². The second-order valence-electron chi connectivity index (χ2n) is 11.6. The molecular weight excluding hydrogens is 453 g/mol. The molecule has 0 radical (unpaired) electrons. The lowest BCUT2D eigenvalue weighted by Crippen LogP contribution is -2.22. The molecule has 0 saturated carbocycles. The summed E-state index contributed by atoms with van der Waals surface area (Å²) in [6.07, 6.45) is 2.42. The van der Waals surface area contributed by atoms with Gasteiger partial charge in [0.2, 0.25) is 0 Å². The van der Waals surface area contributed by atoms with E-state index in [0.29, 0.717) is 5.92 Å². The molecule has 0 N–H and O–H groups in total. The highest BCUT2D eigenvalue weighted by Gasteiger charge is 2.30. The minimum atomic E-state index is 0.210. The predicted octanol–water partition coefficient (Wildman–Crippen LogP) is 10.7. The van der Waals surface area contributed by atoms with Gasteiger partial charge in [-0.3, -0.25) is 0 Å². The van der Waals surface area contributed by atoms with Crippen LogP contribution in [0.4, 0.5) is 0 Å². The van der Waals surface area contributed by atoms with E-state index in [0.717, 1.165) is 0 Å². The molecule has 4 heterocycles. The minimum Gasteiger partial charge on any atom is -0.139 e. The van der Waals surface area contributed by atoms with Crippen molar-refractivity contribution in [3.8, 4) is 0 Å². The molecule has 4 aromatic rings. The standard InChI is InChI=1S/C27H36S4/c1-16(2)18-12-17-13-22(31-24(17)30-18)26(6,7)10-11-27(8,9)23-15-20-19(29-23)14-21(28-20)25(3,4)5/h12-16H,10-11H2,1-9H3. The maximum atomic E-state index is 2.47. The topological polar surface area (TPSA) is 0 Å². The van der Waals surface area contributed by atoms with E-state index in [-0.39, 0.29) is 16.2 Å². The van der Waals surface area contributed by atoms with Gasteiger partial charge in [-0.05, 0) is 59.3 Å². The second-order valence-corrected chi connectivity index (χ2v) is 16.2. The minimum absolute atomic E-state index is 0.210. The van der Waals surface area contributed by atoms with Crippen molar-refractivity contribution < 1.29 is 0 Å². The number of rotatable bonds is 6. The van der Waals surface area contributed by atoms with Crippen LogP contribution in [0.25, 0.3) is 18.8 Å². The second kappa shape index (κ2) is 7.97. The molecule has 4 rings (SSSR count). The smallest absolute Gasteiger partial charge is 0.0871 e. The molecule has 0 aliphatic rings. The number of hydrogen-bond donors (Lipinski definition) is 0. The Hall–Kier alpha value is -0.680. The first-order valence-corrected chi connectivity index (χ1v) is 14.6. The van der Waals surface area contributed by atoms with Crippen molar-refractivity contribution in [2.75, 3.05) is 0 Å². The molecule has 0 aromatic carbocycles. The van der Waals surface area contributed by atoms with Crippen LogP contribution in [0.5, 0.6) is 0 Å². The fourth-order valence-corrected chi connectivity index (χ4v) is 9.07. The van der Waals surface area contributed by atoms with Crippen LogP contribution in [0.2, 0.25) is 0 Å². The zero-order valence-electron chi connectivity index (χ0n) is 20.4. The highest BCUT2D eigenvalue weighted by Crippen LogP contribution is 2.46. The van der Waals surface area contributed by atoms with Crippen LogP contribution >= 0.6 is 45.3 Å². The maximum Gasteiger partial charge on any atom is 0.0871 e. The molecule has 0 atom stereocenters. The fraction of sp³-hybridized carbons (Fsp3) is 0.556. The van der Waals surface area contributed by atoms with Crippen LogP contribution in [0, 0.1) is 0 Å². The molecule has 4 heteroatoms. The monoisotopic (exact) mass is 488 g/mol. The van der Waals surface area contributed by atoms with Crippen molar-refractivity contribution in [2.45, 2.75) is 97.3 Å². The lowest BCUT2D eigenvalue weighted by Gasteiger charge is -2.30. The Morgan fingerprint density at radius 1 is 0.645 bits per heavy atom. The molecule has 0 fully saturated rings. The predicted molar refractivity (Wildman–Crippen MR) is 147 cm³/mol. The lowest BCUT2D eigenvalue weighted by atomic mass is 9.77. The Morgan fingerprint density at radius 2 is 1.16 bits per heavy atom. The first-order valence-electron chi connectivity index (χ1n) is 11.3. The Kier molecular flexibility index (Phi) is 6.04. The average Bonchev–Trinajstić information content (AvgIpc) is 3.36. The average molecular weight is 489 g/mol. The molecular formula is C27H36S4. The van der Waals surface area contributed by atoms with Gasteiger partial charge in [0.25, 0.3) is 0 Å². The van der Waals surface area contributed by atoms with Gasteiger partial charge in [0.05, 0.1) is 4.01 Å². The zero-order chi connectivity index (χ0) is 22.8. The first-order chi connectivity index (χ1) is 14.3. The maximum absolute atomic E-state index is 2.47. The Bertz CT molecular complexity index is 1130. The molecule has 168 valence electrons. The van der Waals surface area contributed by atoms with Crippen molar-refractivity contribution in [3.63, 3.8) is 0 Å². The Morgan fingerprint density at radius 3 is 1.68 bits per heavy atom. The van der Waals surface area contributed by atoms with E-state index in [1.54, 1.807) is 9.75 Å². The van der Waals surface area contributed by atoms with Gasteiger partial charge in [0.15, 0.2) is 0 Å². The quantitative estimate of drug-likeness (QED) is 0.253. The molecule has 0 amide bonds. The Balaban J connectivity index is 1.50. The van der Waals surface area contributed by atoms with E-state index in [2.05, 4.69) is 86.6 Å². The molecule has 0 unspecified atom stereocenters. The molecule has 4 aromatic heterocycles. The summed E-state index contributed by atoms with van der Waals surface area (Å²) in [7, 11) is 0. The van der Waals surface area contributed by atoms with E-state index in [1.165, 1.54) is 41.4 Å². The van der Waals surface area contributed by atoms with Crippen molar-refractivity contribution in [1.82, 2.24) is 0 Å². The first kappa shape index (κ1) is 23.5. The van der Waals surface area contributed by atoms with Gasteiger partial charge in [0.1, 0.15) is 0 Å². The van der Waals surface area contributed by atoms with Crippen LogP contribution in [-0.2, 0) is 16.2 Å². The normalized spacial score (nSPS) is 13.9. The summed E-state index contributed by atoms with van der Waals surface area (Å²) in [6.45, 7) is 21.3. The van der Waals surface area contributed by atoms with E-state index in [9.17, 15) is 0 Å². The van der Waals surface area contributed by atoms with Crippen molar-refractivity contribution in [3.05, 3.63) is 43.8 Å². The Labute approximate surface area is 204 Å². The van der Waals surface area contributed by atoms with Gasteiger partial charge < -0.3 is 0 Å². The van der Waals surface area contributed by atoms with E-state index in [1.807, 2.05) is 45.3 Å². The molecule has 31 heavy (non-hydrogen) atoms. The summed E-state index contributed by atoms with van der Waals surface area (Å²) in [5.41, 5.74) is 0.669. The van der Waals surface area contributed by atoms with Gasteiger partial charge >= 0.3 is 0 Å². The van der Waals surface area contributed by atoms with Crippen LogP contribution < -0.4 is 0 Å². The van der Waals surface area contributed by atoms with Gasteiger partial charge in [-0.25, -0.2) is 0 Å². The van der Waals surface area contributed by atoms with Crippen molar-refractivity contribution in [2.24, 2.45) is 0 Å². The highest BCUT2D eigenvalue weighted by atomic mass is 32.2. The third kappa shape index (κ3) is 4.69. The van der Waals surface area contributed by atoms with Crippen LogP contribution in [0.3, 0.4) is 0 Å². The SMILES string of the molecule is CC(C)c1cc2cc(C(C)(C)CCC(C)(C)c3cc4sc(C(C)(C)C)cc4s3)sc2s1. The van der Waals surface area contributed by atoms with Crippen molar-refractivity contribution in [1.29, 1.82) is 0 Å². The molecule has 0 saturated heterocycles. The van der Waals surface area contributed by atoms with E-state index < -0.39 is 0 Å². The number of thiophene rings is 4. The third-order valence-corrected chi connectivity index (χ3v) is 12.6. The fourth-order valence-electron chi connectivity index (χ4n) is 3.89. The lowest BCUT2D eigenvalue weighted by molar-refractivity contribution is 0.383. The number of hydrogen-bond acceptors (Lipinski definition) is 4. The zero-order valence-corrected chi connectivity index (χ0v) is 23.7. The van der Waals surface area contributed by atoms with Gasteiger partial charge in [0, 0.05) is 34.3 Å². The summed E-state index contributed by atoms with van der Waals surface area (Å²) < 4.78 is 4.44. The van der Waals surface area contributed by atoms with Crippen LogP contribution in [-0.4, -0.2) is 0 Å². The highest BCUT2D eigenvalue weighted by molar-refractivity contribution is 7.38. The largest absolute Gasteiger partial charge is 0.139 e. The van der Waals surface area contributed by atoms with Gasteiger partial charge in [-0.15, -0.1) is 45.3 Å². The summed E-state index contributed by atoms with van der Waals surface area (Å²) in [4.78, 5) is 6.09. The summed E-state index contributed by atoms with van der Waals surface area (Å²) in [6, 6.07) is 9.78. The van der Waals surface area contributed by atoms with Crippen LogP contribution in [0.1, 0.15) is 101 Å². The summed E-state index contributed by atoms with van der Waals surface area (Å²) in [5.74, 6) is 0.627. The molecule has 0 nitrogen and oxygen atoms in total. The van der Waals surface area contributed by atoms with Crippen molar-refractivity contribution >= 4 is 64.1 Å². The van der Waals surface area contributed by atoms with Gasteiger partial charge in [-0.2, -0.15) is 0 Å². The summed E-state index contributed by atoms with van der Waals surface area (Å²) >= 11 is 8.00. The third-order valence-electron chi connectivity index (χ3n) is 6.46. The molecule has 0 aliphatic heterocycles. The van der Waals surface area contributed by atoms with Gasteiger partial charge in [-0.1, -0.05) is 62.3 Å². The van der Waals surface area contributed by atoms with Crippen LogP contribution in [0.15, 0.2) is 24.3 Å². The molecule has 0 aliphatic carbocycles. The molecule has 0 bridgehead atoms. The van der Waals surface area contributed by atoms with E-state index in [4.69, 9.17) is 0 Å².